The number of para-hydroxylation sites is 1. The summed E-state index contributed by atoms with van der Waals surface area (Å²) in [6.45, 7) is 0. The van der Waals surface area contributed by atoms with E-state index >= 15 is 0 Å². The first-order valence-electron chi connectivity index (χ1n) is 5.30. The van der Waals surface area contributed by atoms with Crippen molar-refractivity contribution in [2.45, 2.75) is 0 Å². The highest BCUT2D eigenvalue weighted by Gasteiger charge is 2.15. The van der Waals surface area contributed by atoms with E-state index in [9.17, 15) is 4.79 Å². The van der Waals surface area contributed by atoms with Crippen LogP contribution in [0.5, 0.6) is 0 Å². The Bertz CT molecular complexity index is 714. The molecule has 0 saturated heterocycles. The molecule has 18 heavy (non-hydrogen) atoms. The molecule has 3 aromatic rings. The largest absolute Gasteiger partial charge is 0.464 e. The van der Waals surface area contributed by atoms with E-state index in [2.05, 4.69) is 9.72 Å². The predicted molar refractivity (Wildman–Crippen MR) is 68.7 cm³/mol. The van der Waals surface area contributed by atoms with Crippen molar-refractivity contribution in [3.05, 3.63) is 40.9 Å². The summed E-state index contributed by atoms with van der Waals surface area (Å²) < 4.78 is 10.1. The van der Waals surface area contributed by atoms with E-state index in [-0.39, 0.29) is 0 Å². The molecule has 0 amide bonds. The number of benzene rings is 1. The van der Waals surface area contributed by atoms with Crippen LogP contribution in [0.2, 0.25) is 0 Å². The van der Waals surface area contributed by atoms with Crippen LogP contribution in [-0.4, -0.2) is 18.1 Å². The molecular weight excluding hydrogens is 250 g/mol. The Hall–Kier alpha value is -2.14. The predicted octanol–water partition coefficient (Wildman–Crippen LogP) is 3.34. The quantitative estimate of drug-likeness (QED) is 0.662. The maximum atomic E-state index is 11.4. The highest BCUT2D eigenvalue weighted by Crippen LogP contribution is 2.31. The third-order valence-corrected chi connectivity index (χ3v) is 3.44. The van der Waals surface area contributed by atoms with Crippen molar-refractivity contribution in [2.24, 2.45) is 0 Å². The van der Waals surface area contributed by atoms with Gasteiger partial charge in [-0.2, -0.15) is 0 Å². The number of carbonyl (C=O) groups excluding carboxylic acids is 1. The molecule has 0 N–H and O–H groups in total. The summed E-state index contributed by atoms with van der Waals surface area (Å²) in [4.78, 5) is 15.6. The van der Waals surface area contributed by atoms with Gasteiger partial charge in [0.15, 0.2) is 0 Å². The summed E-state index contributed by atoms with van der Waals surface area (Å²) in [5.41, 5.74) is 2.42. The maximum Gasteiger partial charge on any atom is 0.367 e. The summed E-state index contributed by atoms with van der Waals surface area (Å²) in [7, 11) is 1.34. The third kappa shape index (κ3) is 1.69. The van der Waals surface area contributed by atoms with Gasteiger partial charge in [0.05, 0.1) is 12.8 Å². The zero-order valence-corrected chi connectivity index (χ0v) is 10.4. The van der Waals surface area contributed by atoms with Crippen LogP contribution in [0, 0.1) is 0 Å². The summed E-state index contributed by atoms with van der Waals surface area (Å²) in [6, 6.07) is 7.71. The highest BCUT2D eigenvalue weighted by molar-refractivity contribution is 7.11. The van der Waals surface area contributed by atoms with Crippen LogP contribution >= 0.6 is 11.3 Å². The fraction of sp³-hybridized carbons (Fsp3) is 0.0769. The van der Waals surface area contributed by atoms with Crippen molar-refractivity contribution in [3.8, 4) is 11.3 Å². The van der Waals surface area contributed by atoms with Crippen LogP contribution in [0.4, 0.5) is 0 Å². The van der Waals surface area contributed by atoms with Crippen LogP contribution in [0.15, 0.2) is 40.3 Å². The molecule has 0 atom stereocenters. The van der Waals surface area contributed by atoms with Gasteiger partial charge >= 0.3 is 5.97 Å². The number of thiazole rings is 1. The number of hydrogen-bond acceptors (Lipinski definition) is 5. The maximum absolute atomic E-state index is 11.4. The summed E-state index contributed by atoms with van der Waals surface area (Å²) in [5, 5.41) is 3.15. The van der Waals surface area contributed by atoms with Crippen molar-refractivity contribution in [1.29, 1.82) is 0 Å². The highest BCUT2D eigenvalue weighted by atomic mass is 32.1. The molecule has 0 spiro atoms. The lowest BCUT2D eigenvalue weighted by molar-refractivity contribution is 0.0600. The van der Waals surface area contributed by atoms with Crippen LogP contribution in [0.1, 0.15) is 9.80 Å². The zero-order chi connectivity index (χ0) is 12.5. The van der Waals surface area contributed by atoms with Gasteiger partial charge in [0.2, 0.25) is 5.01 Å². The number of furan rings is 1. The molecule has 0 aliphatic rings. The molecule has 3 rings (SSSR count). The van der Waals surface area contributed by atoms with Gasteiger partial charge in [0, 0.05) is 16.3 Å². The Morgan fingerprint density at radius 3 is 3.06 bits per heavy atom. The SMILES string of the molecule is COC(=O)c1nc(-c2coc3ccccc23)cs1. The van der Waals surface area contributed by atoms with E-state index < -0.39 is 5.97 Å². The molecule has 0 fully saturated rings. The van der Waals surface area contributed by atoms with E-state index in [4.69, 9.17) is 4.42 Å². The second-order valence-corrected chi connectivity index (χ2v) is 4.53. The molecule has 2 heterocycles. The first kappa shape index (κ1) is 11.0. The summed E-state index contributed by atoms with van der Waals surface area (Å²) in [5.74, 6) is -0.418. The number of aromatic nitrogens is 1. The molecule has 0 unspecified atom stereocenters. The van der Waals surface area contributed by atoms with Crippen molar-refractivity contribution < 1.29 is 13.9 Å². The lowest BCUT2D eigenvalue weighted by atomic mass is 10.1. The van der Waals surface area contributed by atoms with E-state index in [0.29, 0.717) is 5.01 Å². The first-order valence-corrected chi connectivity index (χ1v) is 6.18. The number of nitrogens with zero attached hydrogens (tertiary/aromatic N) is 1. The fourth-order valence-electron chi connectivity index (χ4n) is 1.75. The number of carbonyl (C=O) groups is 1. The van der Waals surface area contributed by atoms with Gasteiger partial charge in [-0.15, -0.1) is 11.3 Å². The monoisotopic (exact) mass is 259 g/mol. The van der Waals surface area contributed by atoms with Gasteiger partial charge in [0.25, 0.3) is 0 Å². The van der Waals surface area contributed by atoms with E-state index in [1.807, 2.05) is 29.6 Å². The average molecular weight is 259 g/mol. The van der Waals surface area contributed by atoms with Gasteiger partial charge < -0.3 is 9.15 Å². The van der Waals surface area contributed by atoms with Crippen molar-refractivity contribution in [2.75, 3.05) is 7.11 Å². The fourth-order valence-corrected chi connectivity index (χ4v) is 2.49. The number of hydrogen-bond donors (Lipinski definition) is 0. The number of fused-ring (bicyclic) bond motifs is 1. The topological polar surface area (TPSA) is 52.3 Å². The number of rotatable bonds is 2. The molecule has 5 heteroatoms. The van der Waals surface area contributed by atoms with Crippen LogP contribution < -0.4 is 0 Å². The molecule has 4 nitrogen and oxygen atoms in total. The summed E-state index contributed by atoms with van der Waals surface area (Å²) in [6.07, 6.45) is 1.65. The summed E-state index contributed by atoms with van der Waals surface area (Å²) >= 11 is 1.26. The molecule has 0 radical (unpaired) electrons. The van der Waals surface area contributed by atoms with Crippen LogP contribution in [-0.2, 0) is 4.74 Å². The Kier molecular flexibility index (Phi) is 2.60. The molecular formula is C13H9NO3S. The molecule has 0 bridgehead atoms. The number of ether oxygens (including phenoxy) is 1. The average Bonchev–Trinajstić information content (AvgIpc) is 3.03. The minimum absolute atomic E-state index is 0.345. The van der Waals surface area contributed by atoms with Crippen molar-refractivity contribution in [1.82, 2.24) is 4.98 Å². The van der Waals surface area contributed by atoms with Crippen LogP contribution in [0.25, 0.3) is 22.2 Å². The molecule has 0 aliphatic carbocycles. The Morgan fingerprint density at radius 2 is 2.22 bits per heavy atom. The number of esters is 1. The standard InChI is InChI=1S/C13H9NO3S/c1-16-13(15)12-14-10(7-18-12)9-6-17-11-5-3-2-4-8(9)11/h2-7H,1H3. The van der Waals surface area contributed by atoms with Gasteiger partial charge in [0.1, 0.15) is 11.8 Å². The molecule has 1 aromatic carbocycles. The third-order valence-electron chi connectivity index (χ3n) is 2.62. The van der Waals surface area contributed by atoms with Crippen molar-refractivity contribution in [3.63, 3.8) is 0 Å². The lowest BCUT2D eigenvalue weighted by Crippen LogP contribution is -1.99. The minimum atomic E-state index is -0.418. The van der Waals surface area contributed by atoms with Crippen LogP contribution in [0.3, 0.4) is 0 Å². The normalized spacial score (nSPS) is 10.7. The molecule has 0 aliphatic heterocycles. The zero-order valence-electron chi connectivity index (χ0n) is 9.54. The lowest BCUT2D eigenvalue weighted by Gasteiger charge is -1.93. The Labute approximate surface area is 107 Å². The van der Waals surface area contributed by atoms with E-state index in [0.717, 1.165) is 22.2 Å². The van der Waals surface area contributed by atoms with Gasteiger partial charge in [-0.1, -0.05) is 18.2 Å². The van der Waals surface area contributed by atoms with Gasteiger partial charge in [-0.05, 0) is 6.07 Å². The second kappa shape index (κ2) is 4.27. The molecule has 0 saturated carbocycles. The second-order valence-electron chi connectivity index (χ2n) is 3.68. The van der Waals surface area contributed by atoms with Gasteiger partial charge in [-0.3, -0.25) is 0 Å². The van der Waals surface area contributed by atoms with Gasteiger partial charge in [-0.25, -0.2) is 9.78 Å². The Balaban J connectivity index is 2.09. The Morgan fingerprint density at radius 1 is 1.39 bits per heavy atom. The van der Waals surface area contributed by atoms with Crippen molar-refractivity contribution >= 4 is 28.3 Å². The smallest absolute Gasteiger partial charge is 0.367 e. The first-order chi connectivity index (χ1) is 8.79. The van der Waals surface area contributed by atoms with E-state index in [1.165, 1.54) is 18.4 Å². The molecule has 90 valence electrons. The molecule has 2 aromatic heterocycles. The minimum Gasteiger partial charge on any atom is -0.464 e. The van der Waals surface area contributed by atoms with E-state index in [1.54, 1.807) is 6.26 Å². The number of methoxy groups -OCH3 is 1.